The van der Waals surface area contributed by atoms with Gasteiger partial charge in [-0.1, -0.05) is 12.1 Å². The third-order valence-electron chi connectivity index (χ3n) is 3.36. The van der Waals surface area contributed by atoms with Crippen molar-refractivity contribution < 1.29 is 19.1 Å². The smallest absolute Gasteiger partial charge is 0.267 e. The number of carbonyl (C=O) groups excluding carboxylic acids is 2. The van der Waals surface area contributed by atoms with Crippen molar-refractivity contribution in [2.24, 2.45) is 0 Å². The number of likely N-dealkylation sites (N-methyl/N-ethyl adjacent to an activating group) is 1. The maximum absolute atomic E-state index is 12.6. The number of amides is 2. The summed E-state index contributed by atoms with van der Waals surface area (Å²) in [5, 5.41) is 2.83. The minimum atomic E-state index is -0.766. The van der Waals surface area contributed by atoms with E-state index in [1.807, 2.05) is 32.9 Å². The molecule has 6 heteroatoms. The monoisotopic (exact) mass is 320 g/mol. The highest BCUT2D eigenvalue weighted by molar-refractivity contribution is 5.87. The first-order valence-corrected chi connectivity index (χ1v) is 7.66. The number of hydrogen-bond acceptors (Lipinski definition) is 4. The summed E-state index contributed by atoms with van der Waals surface area (Å²) in [6, 6.07) is 7.22. The van der Waals surface area contributed by atoms with Crippen molar-refractivity contribution in [3.05, 3.63) is 24.3 Å². The molecule has 1 heterocycles. The second kappa shape index (κ2) is 6.48. The predicted octanol–water partition coefficient (Wildman–Crippen LogP) is 1.59. The SMILES string of the molecule is C[C@H]1Oc2ccccc2O[C@H]1C(=O)N(C)CC(=O)NC(C)(C)C. The van der Waals surface area contributed by atoms with Crippen LogP contribution >= 0.6 is 0 Å². The molecule has 2 rings (SSSR count). The standard InChI is InChI=1S/C17H24N2O4/c1-11-15(23-13-9-7-6-8-12(13)22-11)16(21)19(5)10-14(20)18-17(2,3)4/h6-9,11,15H,10H2,1-5H3,(H,18,20)/t11-,15-/m1/s1. The highest BCUT2D eigenvalue weighted by atomic mass is 16.6. The summed E-state index contributed by atoms with van der Waals surface area (Å²) in [6.45, 7) is 7.43. The Kier molecular flexibility index (Phi) is 4.82. The molecule has 0 spiro atoms. The first-order chi connectivity index (χ1) is 10.7. The summed E-state index contributed by atoms with van der Waals surface area (Å²) in [4.78, 5) is 25.9. The molecule has 0 saturated carbocycles. The van der Waals surface area contributed by atoms with Crippen LogP contribution in [0.4, 0.5) is 0 Å². The number of carbonyl (C=O) groups is 2. The molecule has 0 bridgehead atoms. The van der Waals surface area contributed by atoms with Crippen LogP contribution in [0.2, 0.25) is 0 Å². The fourth-order valence-electron chi connectivity index (χ4n) is 2.36. The van der Waals surface area contributed by atoms with Crippen molar-refractivity contribution in [1.82, 2.24) is 10.2 Å². The Morgan fingerprint density at radius 2 is 1.74 bits per heavy atom. The molecule has 0 radical (unpaired) electrons. The maximum Gasteiger partial charge on any atom is 0.267 e. The van der Waals surface area contributed by atoms with E-state index in [1.165, 1.54) is 4.90 Å². The first kappa shape index (κ1) is 17.1. The summed E-state index contributed by atoms with van der Waals surface area (Å²) in [7, 11) is 1.58. The van der Waals surface area contributed by atoms with E-state index in [9.17, 15) is 9.59 Å². The van der Waals surface area contributed by atoms with Gasteiger partial charge in [0.25, 0.3) is 5.91 Å². The van der Waals surface area contributed by atoms with Crippen molar-refractivity contribution in [2.45, 2.75) is 45.4 Å². The number of para-hydroxylation sites is 2. The molecule has 1 N–H and O–H groups in total. The second-order valence-electron chi connectivity index (χ2n) is 6.80. The van der Waals surface area contributed by atoms with Gasteiger partial charge in [-0.15, -0.1) is 0 Å². The van der Waals surface area contributed by atoms with Gasteiger partial charge in [0.05, 0.1) is 6.54 Å². The van der Waals surface area contributed by atoms with Crippen molar-refractivity contribution >= 4 is 11.8 Å². The van der Waals surface area contributed by atoms with E-state index in [-0.39, 0.29) is 23.9 Å². The van der Waals surface area contributed by atoms with Crippen molar-refractivity contribution in [1.29, 1.82) is 0 Å². The molecule has 23 heavy (non-hydrogen) atoms. The molecule has 6 nitrogen and oxygen atoms in total. The second-order valence-corrected chi connectivity index (χ2v) is 6.80. The van der Waals surface area contributed by atoms with Crippen LogP contribution in [-0.2, 0) is 9.59 Å². The third kappa shape index (κ3) is 4.37. The van der Waals surface area contributed by atoms with Gasteiger partial charge in [-0.3, -0.25) is 9.59 Å². The number of hydrogen-bond donors (Lipinski definition) is 1. The molecule has 0 aliphatic carbocycles. The fourth-order valence-corrected chi connectivity index (χ4v) is 2.36. The minimum absolute atomic E-state index is 0.0235. The summed E-state index contributed by atoms with van der Waals surface area (Å²) < 4.78 is 11.5. The molecule has 1 aromatic rings. The third-order valence-corrected chi connectivity index (χ3v) is 3.36. The van der Waals surface area contributed by atoms with E-state index >= 15 is 0 Å². The number of fused-ring (bicyclic) bond motifs is 1. The number of rotatable bonds is 3. The molecule has 0 saturated heterocycles. The van der Waals surface area contributed by atoms with Crippen LogP contribution in [0.15, 0.2) is 24.3 Å². The minimum Gasteiger partial charge on any atom is -0.482 e. The molecule has 0 unspecified atom stereocenters. The van der Waals surface area contributed by atoms with Crippen LogP contribution < -0.4 is 14.8 Å². The normalized spacial score (nSPS) is 19.9. The van der Waals surface area contributed by atoms with Crippen LogP contribution in [0, 0.1) is 0 Å². The Morgan fingerprint density at radius 1 is 1.17 bits per heavy atom. The highest BCUT2D eigenvalue weighted by Crippen LogP contribution is 2.33. The van der Waals surface area contributed by atoms with E-state index in [0.717, 1.165) is 0 Å². The lowest BCUT2D eigenvalue weighted by Gasteiger charge is -2.33. The van der Waals surface area contributed by atoms with Crippen LogP contribution in [0.25, 0.3) is 0 Å². The largest absolute Gasteiger partial charge is 0.482 e. The molecule has 1 aromatic carbocycles. The summed E-state index contributed by atoms with van der Waals surface area (Å²) in [6.07, 6.45) is -1.19. The Balaban J connectivity index is 2.01. The average Bonchev–Trinajstić information content (AvgIpc) is 2.43. The topological polar surface area (TPSA) is 67.9 Å². The fraction of sp³-hybridized carbons (Fsp3) is 0.529. The first-order valence-electron chi connectivity index (χ1n) is 7.66. The lowest BCUT2D eigenvalue weighted by atomic mass is 10.1. The van der Waals surface area contributed by atoms with Crippen molar-refractivity contribution in [3.63, 3.8) is 0 Å². The lowest BCUT2D eigenvalue weighted by Crippen LogP contribution is -2.52. The van der Waals surface area contributed by atoms with Crippen LogP contribution in [0.5, 0.6) is 11.5 Å². The van der Waals surface area contributed by atoms with Crippen LogP contribution in [-0.4, -0.2) is 48.1 Å². The van der Waals surface area contributed by atoms with E-state index in [1.54, 1.807) is 26.1 Å². The predicted molar refractivity (Wildman–Crippen MR) is 86.5 cm³/mol. The number of ether oxygens (including phenoxy) is 2. The summed E-state index contributed by atoms with van der Waals surface area (Å²) in [5.41, 5.74) is -0.336. The Labute approximate surface area is 136 Å². The molecule has 0 fully saturated rings. The van der Waals surface area contributed by atoms with Gasteiger partial charge in [0, 0.05) is 12.6 Å². The zero-order valence-corrected chi connectivity index (χ0v) is 14.3. The molecule has 1 aliphatic heterocycles. The quantitative estimate of drug-likeness (QED) is 0.918. The Morgan fingerprint density at radius 3 is 2.30 bits per heavy atom. The highest BCUT2D eigenvalue weighted by Gasteiger charge is 2.36. The average molecular weight is 320 g/mol. The van der Waals surface area contributed by atoms with Crippen molar-refractivity contribution in [3.8, 4) is 11.5 Å². The Hall–Kier alpha value is -2.24. The molecule has 126 valence electrons. The van der Waals surface area contributed by atoms with Gasteiger partial charge in [0.2, 0.25) is 12.0 Å². The van der Waals surface area contributed by atoms with E-state index < -0.39 is 12.2 Å². The lowest BCUT2D eigenvalue weighted by molar-refractivity contribution is -0.145. The van der Waals surface area contributed by atoms with Gasteiger partial charge in [-0.25, -0.2) is 0 Å². The number of nitrogens with one attached hydrogen (secondary N) is 1. The van der Waals surface area contributed by atoms with Gasteiger partial charge in [0.1, 0.15) is 6.10 Å². The molecule has 2 amide bonds. The zero-order valence-electron chi connectivity index (χ0n) is 14.3. The zero-order chi connectivity index (χ0) is 17.2. The molecular formula is C17H24N2O4. The van der Waals surface area contributed by atoms with E-state index in [4.69, 9.17) is 9.47 Å². The Bertz CT molecular complexity index is 595. The molecule has 2 atom stereocenters. The van der Waals surface area contributed by atoms with Crippen LogP contribution in [0.1, 0.15) is 27.7 Å². The van der Waals surface area contributed by atoms with Crippen LogP contribution in [0.3, 0.4) is 0 Å². The molecule has 0 aromatic heterocycles. The van der Waals surface area contributed by atoms with E-state index in [2.05, 4.69) is 5.32 Å². The molecule has 1 aliphatic rings. The summed E-state index contributed by atoms with van der Waals surface area (Å²) >= 11 is 0. The van der Waals surface area contributed by atoms with Gasteiger partial charge in [0.15, 0.2) is 11.5 Å². The maximum atomic E-state index is 12.6. The van der Waals surface area contributed by atoms with Crippen molar-refractivity contribution in [2.75, 3.05) is 13.6 Å². The van der Waals surface area contributed by atoms with Gasteiger partial charge in [-0.05, 0) is 39.8 Å². The van der Waals surface area contributed by atoms with Gasteiger partial charge in [-0.2, -0.15) is 0 Å². The van der Waals surface area contributed by atoms with E-state index in [0.29, 0.717) is 11.5 Å². The number of benzene rings is 1. The molecular weight excluding hydrogens is 296 g/mol. The van der Waals surface area contributed by atoms with Gasteiger partial charge >= 0.3 is 0 Å². The summed E-state index contributed by atoms with van der Waals surface area (Å²) in [5.74, 6) is 0.669. The number of nitrogens with zero attached hydrogens (tertiary/aromatic N) is 1. The van der Waals surface area contributed by atoms with Gasteiger partial charge < -0.3 is 19.7 Å².